The van der Waals surface area contributed by atoms with Crippen LogP contribution in [0, 0.1) is 0 Å². The Kier molecular flexibility index (Phi) is 7.30. The molecule has 0 saturated carbocycles. The zero-order chi connectivity index (χ0) is 15.7. The molecule has 21 heavy (non-hydrogen) atoms. The minimum absolute atomic E-state index is 0.0573. The van der Waals surface area contributed by atoms with Gasteiger partial charge in [-0.15, -0.1) is 0 Å². The van der Waals surface area contributed by atoms with E-state index in [-0.39, 0.29) is 30.2 Å². The number of benzene rings is 1. The van der Waals surface area contributed by atoms with Gasteiger partial charge < -0.3 is 14.6 Å². The van der Waals surface area contributed by atoms with E-state index in [4.69, 9.17) is 9.84 Å². The molecule has 0 aliphatic heterocycles. The number of rotatable bonds is 9. The smallest absolute Gasteiger partial charge is 0.337 e. The number of methoxy groups -OCH3 is 1. The Labute approximate surface area is 123 Å². The quantitative estimate of drug-likeness (QED) is 0.496. The lowest BCUT2D eigenvalue weighted by Crippen LogP contribution is -2.25. The molecule has 8 heteroatoms. The van der Waals surface area contributed by atoms with Gasteiger partial charge in [0.1, 0.15) is 0 Å². The Balaban J connectivity index is 2.52. The standard InChI is InChI=1S/C13H19NO6S/c1-19-13(16)11-3-5-12(6-4-11)21(17,18)14-7-2-9-20-10-8-15/h3-6,14-15H,2,7-10H2,1H3. The maximum atomic E-state index is 12.0. The van der Waals surface area contributed by atoms with Crippen LogP contribution in [0.15, 0.2) is 29.2 Å². The Bertz CT molecular complexity index is 540. The largest absolute Gasteiger partial charge is 0.465 e. The Hall–Kier alpha value is -1.48. The van der Waals surface area contributed by atoms with Crippen molar-refractivity contribution >= 4 is 16.0 Å². The third-order valence-corrected chi connectivity index (χ3v) is 4.06. The van der Waals surface area contributed by atoms with Gasteiger partial charge in [0, 0.05) is 13.2 Å². The fourth-order valence-electron chi connectivity index (χ4n) is 1.52. The Morgan fingerprint density at radius 3 is 2.48 bits per heavy atom. The predicted octanol–water partition coefficient (Wildman–Crippen LogP) is 0.151. The maximum Gasteiger partial charge on any atom is 0.337 e. The third-order valence-electron chi connectivity index (χ3n) is 2.58. The van der Waals surface area contributed by atoms with Crippen molar-refractivity contribution in [1.29, 1.82) is 0 Å². The van der Waals surface area contributed by atoms with Gasteiger partial charge in [0.05, 0.1) is 30.8 Å². The first-order valence-electron chi connectivity index (χ1n) is 6.38. The summed E-state index contributed by atoms with van der Waals surface area (Å²) in [5, 5.41) is 8.51. The van der Waals surface area contributed by atoms with E-state index < -0.39 is 16.0 Å². The molecule has 0 aromatic heterocycles. The Morgan fingerprint density at radius 1 is 1.24 bits per heavy atom. The van der Waals surface area contributed by atoms with Gasteiger partial charge in [0.15, 0.2) is 0 Å². The summed E-state index contributed by atoms with van der Waals surface area (Å²) in [5.74, 6) is -0.520. The van der Waals surface area contributed by atoms with Crippen LogP contribution in [0.25, 0.3) is 0 Å². The van der Waals surface area contributed by atoms with Gasteiger partial charge in [-0.2, -0.15) is 0 Å². The van der Waals surface area contributed by atoms with Crippen molar-refractivity contribution in [2.24, 2.45) is 0 Å². The molecule has 1 rings (SSSR count). The van der Waals surface area contributed by atoms with Crippen LogP contribution >= 0.6 is 0 Å². The number of hydrogen-bond donors (Lipinski definition) is 2. The molecule has 0 bridgehead atoms. The molecule has 0 atom stereocenters. The highest BCUT2D eigenvalue weighted by molar-refractivity contribution is 7.89. The second kappa shape index (κ2) is 8.73. The summed E-state index contributed by atoms with van der Waals surface area (Å²) in [5.41, 5.74) is 0.286. The number of hydrogen-bond acceptors (Lipinski definition) is 6. The van der Waals surface area contributed by atoms with Crippen LogP contribution in [-0.4, -0.2) is 53.0 Å². The second-order valence-electron chi connectivity index (χ2n) is 4.10. The molecular formula is C13H19NO6S. The molecule has 0 aliphatic carbocycles. The van der Waals surface area contributed by atoms with E-state index in [1.54, 1.807) is 0 Å². The summed E-state index contributed by atoms with van der Waals surface area (Å²) in [6.45, 7) is 0.775. The van der Waals surface area contributed by atoms with E-state index in [1.807, 2.05) is 0 Å². The summed E-state index contributed by atoms with van der Waals surface area (Å²) in [6, 6.07) is 5.48. The monoisotopic (exact) mass is 317 g/mol. The lowest BCUT2D eigenvalue weighted by Gasteiger charge is -2.07. The third kappa shape index (κ3) is 5.80. The van der Waals surface area contributed by atoms with Crippen LogP contribution in [0.1, 0.15) is 16.8 Å². The number of aliphatic hydroxyl groups excluding tert-OH is 1. The van der Waals surface area contributed by atoms with Crippen LogP contribution < -0.4 is 4.72 Å². The molecule has 118 valence electrons. The normalized spacial score (nSPS) is 11.3. The number of ether oxygens (including phenoxy) is 2. The second-order valence-corrected chi connectivity index (χ2v) is 5.87. The number of nitrogens with one attached hydrogen (secondary N) is 1. The number of esters is 1. The first-order chi connectivity index (χ1) is 10.0. The van der Waals surface area contributed by atoms with Crippen LogP contribution in [0.5, 0.6) is 0 Å². The molecule has 0 aliphatic rings. The molecule has 1 aromatic carbocycles. The maximum absolute atomic E-state index is 12.0. The minimum atomic E-state index is -3.61. The molecular weight excluding hydrogens is 298 g/mol. The summed E-state index contributed by atoms with van der Waals surface area (Å²) in [7, 11) is -2.35. The number of carbonyl (C=O) groups excluding carboxylic acids is 1. The van der Waals surface area contributed by atoms with Crippen molar-refractivity contribution in [2.45, 2.75) is 11.3 Å². The van der Waals surface area contributed by atoms with Gasteiger partial charge in [0.25, 0.3) is 0 Å². The number of aliphatic hydroxyl groups is 1. The topological polar surface area (TPSA) is 102 Å². The fourth-order valence-corrected chi connectivity index (χ4v) is 2.59. The van der Waals surface area contributed by atoms with Gasteiger partial charge in [-0.05, 0) is 30.7 Å². The van der Waals surface area contributed by atoms with Crippen molar-refractivity contribution < 1.29 is 27.8 Å². The lowest BCUT2D eigenvalue weighted by atomic mass is 10.2. The minimum Gasteiger partial charge on any atom is -0.465 e. The van der Waals surface area contributed by atoms with Crippen molar-refractivity contribution in [2.75, 3.05) is 33.5 Å². The van der Waals surface area contributed by atoms with Crippen molar-refractivity contribution in [3.05, 3.63) is 29.8 Å². The van der Waals surface area contributed by atoms with E-state index in [0.29, 0.717) is 13.0 Å². The average molecular weight is 317 g/mol. The number of carbonyl (C=O) groups is 1. The van der Waals surface area contributed by atoms with Gasteiger partial charge in [-0.3, -0.25) is 0 Å². The molecule has 0 saturated heterocycles. The van der Waals surface area contributed by atoms with Crippen molar-refractivity contribution in [1.82, 2.24) is 4.72 Å². The highest BCUT2D eigenvalue weighted by Crippen LogP contribution is 2.11. The van der Waals surface area contributed by atoms with Crippen molar-refractivity contribution in [3.63, 3.8) is 0 Å². The van der Waals surface area contributed by atoms with Crippen LogP contribution in [-0.2, 0) is 19.5 Å². The highest BCUT2D eigenvalue weighted by Gasteiger charge is 2.14. The van der Waals surface area contributed by atoms with E-state index in [1.165, 1.54) is 31.4 Å². The molecule has 0 heterocycles. The highest BCUT2D eigenvalue weighted by atomic mass is 32.2. The van der Waals surface area contributed by atoms with E-state index >= 15 is 0 Å². The van der Waals surface area contributed by atoms with E-state index in [9.17, 15) is 13.2 Å². The summed E-state index contributed by atoms with van der Waals surface area (Å²) in [6.07, 6.45) is 0.499. The first kappa shape index (κ1) is 17.6. The van der Waals surface area contributed by atoms with Gasteiger partial charge in [-0.25, -0.2) is 17.9 Å². The SMILES string of the molecule is COC(=O)c1ccc(S(=O)(=O)NCCCOCCO)cc1. The molecule has 7 nitrogen and oxygen atoms in total. The first-order valence-corrected chi connectivity index (χ1v) is 7.86. The molecule has 2 N–H and O–H groups in total. The van der Waals surface area contributed by atoms with Gasteiger partial charge >= 0.3 is 5.97 Å². The van der Waals surface area contributed by atoms with E-state index in [0.717, 1.165) is 0 Å². The molecule has 1 aromatic rings. The molecule has 0 amide bonds. The van der Waals surface area contributed by atoms with Gasteiger partial charge in [0.2, 0.25) is 10.0 Å². The summed E-state index contributed by atoms with van der Waals surface area (Å²) >= 11 is 0. The van der Waals surface area contributed by atoms with Gasteiger partial charge in [-0.1, -0.05) is 0 Å². The molecule has 0 fully saturated rings. The summed E-state index contributed by atoms with van der Waals surface area (Å²) < 4.78 is 35.9. The average Bonchev–Trinajstić information content (AvgIpc) is 2.50. The zero-order valence-electron chi connectivity index (χ0n) is 11.7. The zero-order valence-corrected chi connectivity index (χ0v) is 12.6. The van der Waals surface area contributed by atoms with Crippen LogP contribution in [0.2, 0.25) is 0 Å². The Morgan fingerprint density at radius 2 is 1.90 bits per heavy atom. The predicted molar refractivity (Wildman–Crippen MR) is 75.5 cm³/mol. The van der Waals surface area contributed by atoms with Crippen molar-refractivity contribution in [3.8, 4) is 0 Å². The van der Waals surface area contributed by atoms with Crippen LogP contribution in [0.3, 0.4) is 0 Å². The fraction of sp³-hybridized carbons (Fsp3) is 0.462. The van der Waals surface area contributed by atoms with E-state index in [2.05, 4.69) is 9.46 Å². The molecule has 0 radical (unpaired) electrons. The number of sulfonamides is 1. The summed E-state index contributed by atoms with van der Waals surface area (Å²) in [4.78, 5) is 11.3. The molecule has 0 spiro atoms. The van der Waals surface area contributed by atoms with Crippen LogP contribution in [0.4, 0.5) is 0 Å². The molecule has 0 unspecified atom stereocenters. The lowest BCUT2D eigenvalue weighted by molar-refractivity contribution is 0.0600.